The summed E-state index contributed by atoms with van der Waals surface area (Å²) in [5, 5.41) is 48.0. The normalized spacial score (nSPS) is 40.1. The Labute approximate surface area is 450 Å². The molecule has 0 saturated carbocycles. The van der Waals surface area contributed by atoms with Gasteiger partial charge in [-0.05, 0) is 98.0 Å². The summed E-state index contributed by atoms with van der Waals surface area (Å²) < 4.78 is 88.0. The van der Waals surface area contributed by atoms with Crippen molar-refractivity contribution in [2.45, 2.75) is 178 Å². The number of aliphatic hydroxyl groups excluding tert-OH is 2. The molecule has 5 aliphatic heterocycles. The van der Waals surface area contributed by atoms with Crippen LogP contribution in [0.15, 0.2) is 30.9 Å². The predicted octanol–water partition coefficient (Wildman–Crippen LogP) is 3.66. The van der Waals surface area contributed by atoms with E-state index in [1.807, 2.05) is 49.6 Å². The zero-order valence-electron chi connectivity index (χ0n) is 46.9. The van der Waals surface area contributed by atoms with Gasteiger partial charge in [0.05, 0.1) is 72.8 Å². The lowest BCUT2D eigenvalue weighted by molar-refractivity contribution is -0.271. The fraction of sp³-hybridized carbons (Fsp3) is 0.815. The van der Waals surface area contributed by atoms with E-state index in [0.717, 1.165) is 0 Å². The molecule has 0 aliphatic carbocycles. The number of methoxy groups -OCH3 is 1. The second-order valence-corrected chi connectivity index (χ2v) is 24.9. The van der Waals surface area contributed by atoms with Gasteiger partial charge in [-0.3, -0.25) is 9.69 Å². The van der Waals surface area contributed by atoms with Crippen LogP contribution >= 0.6 is 0 Å². The largest absolute Gasteiger partial charge is 0.459 e. The molecule has 434 valence electrons. The van der Waals surface area contributed by atoms with Gasteiger partial charge in [-0.2, -0.15) is 0 Å². The van der Waals surface area contributed by atoms with Crippen LogP contribution < -0.4 is 14.5 Å². The summed E-state index contributed by atoms with van der Waals surface area (Å²) in [4.78, 5) is 34.6. The molecule has 1 aromatic rings. The Kier molecular flexibility index (Phi) is 20.9. The number of aliphatic hydroxyl groups is 4. The standard InChI is InChI=1S/C54H90FN5O15S/c1-14-44-53(10,65)47(61)36(7)58(12)30-32(3)27-54(66,15-2)49(34(5)46(35(6)50(63)74-44)43-28-52(9,69-13)48(62)37(8)72-43)75-45-26-39(24-33(4)71-45)57(11)20-23-76(67,68)56-29-40-31-60(51(64)73-40)38-16-17-42(41(55)25-38)59-18-21-70-22-19-59/h15-17,25,32-37,39-40,43-49,56,61-62,65-66H,2,14,18-24,26-31H2,1,3-13H3/t32-,33-,34+,35-,36-,37+,39+,40+,43?,44-,45+,46+,47?,48+,49-,52-,53-,54-/m1/s1. The van der Waals surface area contributed by atoms with Crippen LogP contribution in [0, 0.1) is 29.5 Å². The summed E-state index contributed by atoms with van der Waals surface area (Å²) in [5.41, 5.74) is -3.98. The SMILES string of the molecule is C=C[C@@]1(O)C[C@@H](C)CN(C)[C@H](C)C(O)[C@](C)(O)[C@@H](CC)OC(=O)[C@H](C)[C@@H](C2C[C@@](C)(OC)[C@@H](O)[C@H](C)O2)[C@H](C)[C@H]1O[C@H]1C[C@@H](N(C)CCS(=O)(=O)NC[C@H]2CN(c3ccc(N4CCOCC4)c(F)c3)C(=O)O2)C[C@@H](C)O1. The second kappa shape index (κ2) is 25.6. The average molecular weight is 1100 g/mol. The zero-order valence-corrected chi connectivity index (χ0v) is 47.7. The third kappa shape index (κ3) is 14.3. The summed E-state index contributed by atoms with van der Waals surface area (Å²) in [6.07, 6.45) is -6.07. The first-order valence-corrected chi connectivity index (χ1v) is 28.9. The first kappa shape index (κ1) is 62.1. The summed E-state index contributed by atoms with van der Waals surface area (Å²) in [6, 6.07) is 3.70. The summed E-state index contributed by atoms with van der Waals surface area (Å²) >= 11 is 0. The first-order valence-electron chi connectivity index (χ1n) is 27.2. The number of cyclic esters (lactones) is 2. The molecule has 76 heavy (non-hydrogen) atoms. The maximum atomic E-state index is 15.2. The number of nitrogens with zero attached hydrogens (tertiary/aromatic N) is 4. The number of morpholine rings is 1. The fourth-order valence-corrected chi connectivity index (χ4v) is 13.5. The van der Waals surface area contributed by atoms with Crippen LogP contribution in [0.3, 0.4) is 0 Å². The number of hydrogen-bond donors (Lipinski definition) is 5. The van der Waals surface area contributed by atoms with E-state index in [9.17, 15) is 38.4 Å². The van der Waals surface area contributed by atoms with Gasteiger partial charge in [0.2, 0.25) is 10.0 Å². The molecular formula is C54H90FN5O15S. The van der Waals surface area contributed by atoms with E-state index in [1.165, 1.54) is 31.1 Å². The van der Waals surface area contributed by atoms with Gasteiger partial charge in [-0.15, -0.1) is 6.58 Å². The Morgan fingerprint density at radius 2 is 1.67 bits per heavy atom. The number of anilines is 2. The molecular weight excluding hydrogens is 1010 g/mol. The maximum Gasteiger partial charge on any atom is 0.414 e. The van der Waals surface area contributed by atoms with Gasteiger partial charge in [0.1, 0.15) is 41.4 Å². The molecule has 0 aromatic heterocycles. The van der Waals surface area contributed by atoms with Crippen LogP contribution in [0.1, 0.15) is 94.4 Å². The Hall–Kier alpha value is -3.10. The molecule has 5 fully saturated rings. The quantitative estimate of drug-likeness (QED) is 0.124. The topological polar surface area (TPSA) is 239 Å². The van der Waals surface area contributed by atoms with Crippen molar-refractivity contribution in [1.29, 1.82) is 0 Å². The van der Waals surface area contributed by atoms with E-state index in [1.54, 1.807) is 46.8 Å². The van der Waals surface area contributed by atoms with E-state index in [2.05, 4.69) is 11.3 Å². The average Bonchev–Trinajstić information content (AvgIpc) is 3.77. The fourth-order valence-electron chi connectivity index (χ4n) is 12.4. The van der Waals surface area contributed by atoms with Crippen molar-refractivity contribution in [3.05, 3.63) is 36.7 Å². The van der Waals surface area contributed by atoms with Gasteiger partial charge < -0.3 is 68.3 Å². The van der Waals surface area contributed by atoms with Crippen molar-refractivity contribution in [2.75, 3.05) is 89.2 Å². The van der Waals surface area contributed by atoms with Gasteiger partial charge in [0.15, 0.2) is 6.29 Å². The van der Waals surface area contributed by atoms with Gasteiger partial charge in [0.25, 0.3) is 0 Å². The van der Waals surface area contributed by atoms with Crippen molar-refractivity contribution in [2.24, 2.45) is 23.7 Å². The van der Waals surface area contributed by atoms with Gasteiger partial charge in [0, 0.05) is 70.7 Å². The van der Waals surface area contributed by atoms with Crippen molar-refractivity contribution in [1.82, 2.24) is 14.5 Å². The molecule has 0 bridgehead atoms. The highest BCUT2D eigenvalue weighted by molar-refractivity contribution is 7.89. The number of halogens is 1. The van der Waals surface area contributed by atoms with E-state index in [0.29, 0.717) is 50.6 Å². The number of nitrogens with one attached hydrogen (secondary N) is 1. The highest BCUT2D eigenvalue weighted by Crippen LogP contribution is 2.45. The van der Waals surface area contributed by atoms with Crippen LogP contribution in [0.2, 0.25) is 0 Å². The monoisotopic (exact) mass is 1100 g/mol. The third-order valence-corrected chi connectivity index (χ3v) is 18.6. The molecule has 5 N–H and O–H groups in total. The molecule has 20 nitrogen and oxygen atoms in total. The number of esters is 1. The van der Waals surface area contributed by atoms with Gasteiger partial charge >= 0.3 is 12.1 Å². The first-order chi connectivity index (χ1) is 35.6. The number of sulfonamides is 1. The molecule has 22 heteroatoms. The number of rotatable bonds is 15. The molecule has 1 amide bonds. The number of hydrogen-bond acceptors (Lipinski definition) is 18. The molecule has 5 aliphatic rings. The Balaban J connectivity index is 1.20. The number of ether oxygens (including phenoxy) is 7. The van der Waals surface area contributed by atoms with Crippen LogP contribution in [-0.2, 0) is 48.0 Å². The number of carbonyl (C=O) groups excluding carboxylic acids is 2. The van der Waals surface area contributed by atoms with Crippen molar-refractivity contribution in [3.8, 4) is 0 Å². The maximum absolute atomic E-state index is 15.2. The summed E-state index contributed by atoms with van der Waals surface area (Å²) in [6.45, 7) is 22.6. The minimum Gasteiger partial charge on any atom is -0.459 e. The summed E-state index contributed by atoms with van der Waals surface area (Å²) in [5.74, 6) is -4.13. The molecule has 5 heterocycles. The third-order valence-electron chi connectivity index (χ3n) is 17.2. The van der Waals surface area contributed by atoms with Crippen molar-refractivity contribution in [3.63, 3.8) is 0 Å². The lowest BCUT2D eigenvalue weighted by Crippen LogP contribution is -2.61. The van der Waals surface area contributed by atoms with E-state index in [-0.39, 0.29) is 69.1 Å². The Morgan fingerprint density at radius 3 is 2.30 bits per heavy atom. The van der Waals surface area contributed by atoms with Crippen LogP contribution in [0.4, 0.5) is 20.6 Å². The number of carbonyl (C=O) groups is 2. The number of amides is 1. The molecule has 6 rings (SSSR count). The van der Waals surface area contributed by atoms with Crippen molar-refractivity contribution >= 4 is 33.5 Å². The zero-order chi connectivity index (χ0) is 56.2. The lowest BCUT2D eigenvalue weighted by atomic mass is 9.68. The smallest absolute Gasteiger partial charge is 0.414 e. The summed E-state index contributed by atoms with van der Waals surface area (Å²) in [7, 11) is 1.27. The van der Waals surface area contributed by atoms with Crippen LogP contribution in [0.5, 0.6) is 0 Å². The molecule has 0 spiro atoms. The Morgan fingerprint density at radius 1 is 0.987 bits per heavy atom. The Bertz CT molecular complexity index is 2230. The minimum absolute atomic E-state index is 0.0214. The molecule has 2 unspecified atom stereocenters. The van der Waals surface area contributed by atoms with E-state index in [4.69, 9.17) is 33.2 Å². The van der Waals surface area contributed by atoms with Gasteiger partial charge in [-0.1, -0.05) is 33.8 Å². The molecule has 18 atom stereocenters. The van der Waals surface area contributed by atoms with E-state index < -0.39 is 118 Å². The predicted molar refractivity (Wildman–Crippen MR) is 284 cm³/mol. The minimum atomic E-state index is -3.89. The molecule has 1 aromatic carbocycles. The highest BCUT2D eigenvalue weighted by atomic mass is 32.2. The molecule has 5 saturated heterocycles. The molecule has 0 radical (unpaired) electrons. The number of likely N-dealkylation sites (N-methyl/N-ethyl adjacent to an activating group) is 1. The van der Waals surface area contributed by atoms with Crippen molar-refractivity contribution < 1.29 is 76.0 Å². The number of benzene rings is 1. The van der Waals surface area contributed by atoms with Crippen LogP contribution in [0.25, 0.3) is 0 Å². The van der Waals surface area contributed by atoms with E-state index >= 15 is 4.39 Å². The second-order valence-electron chi connectivity index (χ2n) is 23.0. The highest BCUT2D eigenvalue weighted by Gasteiger charge is 2.55. The van der Waals surface area contributed by atoms with Gasteiger partial charge in [-0.25, -0.2) is 22.3 Å². The lowest BCUT2D eigenvalue weighted by Gasteiger charge is -2.51. The van der Waals surface area contributed by atoms with Crippen LogP contribution in [-0.4, -0.2) is 214 Å².